The number of nitrogens with zero attached hydrogens (tertiary/aromatic N) is 2. The first-order valence-electron chi connectivity index (χ1n) is 5.50. The van der Waals surface area contributed by atoms with Gasteiger partial charge in [0.1, 0.15) is 0 Å². The van der Waals surface area contributed by atoms with Gasteiger partial charge in [-0.15, -0.1) is 0 Å². The quantitative estimate of drug-likeness (QED) is 0.678. The third-order valence-electron chi connectivity index (χ3n) is 3.09. The summed E-state index contributed by atoms with van der Waals surface area (Å²) in [6.45, 7) is 3.14. The highest BCUT2D eigenvalue weighted by atomic mass is 32.2. The predicted octanol–water partition coefficient (Wildman–Crippen LogP) is -0.416. The van der Waals surface area contributed by atoms with Crippen LogP contribution in [-0.2, 0) is 14.6 Å². The minimum atomic E-state index is -2.92. The summed E-state index contributed by atoms with van der Waals surface area (Å²) >= 11 is 0. The summed E-state index contributed by atoms with van der Waals surface area (Å²) in [5.74, 6) is 0.315. The van der Waals surface area contributed by atoms with Crippen LogP contribution in [0.2, 0.25) is 0 Å². The monoisotopic (exact) mass is 248 g/mol. The number of hydrogen-bond acceptors (Lipinski definition) is 4. The molecule has 0 aromatic heterocycles. The molecule has 0 spiro atoms. The summed E-state index contributed by atoms with van der Waals surface area (Å²) in [4.78, 5) is 15.3. The lowest BCUT2D eigenvalue weighted by Gasteiger charge is -2.25. The van der Waals surface area contributed by atoms with Crippen molar-refractivity contribution < 1.29 is 13.2 Å². The van der Waals surface area contributed by atoms with Crippen LogP contribution in [0, 0.1) is 0 Å². The van der Waals surface area contributed by atoms with Gasteiger partial charge in [0.2, 0.25) is 5.91 Å². The number of carbonyl (C=O) groups is 1. The van der Waals surface area contributed by atoms with Gasteiger partial charge in [-0.05, 0) is 20.0 Å². The Morgan fingerprint density at radius 3 is 2.44 bits per heavy atom. The molecule has 0 aliphatic carbocycles. The van der Waals surface area contributed by atoms with Crippen LogP contribution < -0.4 is 0 Å². The van der Waals surface area contributed by atoms with Crippen LogP contribution in [0.4, 0.5) is 0 Å². The average molecular weight is 248 g/mol. The zero-order valence-electron chi connectivity index (χ0n) is 10.1. The van der Waals surface area contributed by atoms with E-state index in [1.807, 2.05) is 18.9 Å². The molecular formula is C10H20N2O3S. The minimum Gasteiger partial charge on any atom is -0.341 e. The Morgan fingerprint density at radius 1 is 1.38 bits per heavy atom. The molecule has 1 aliphatic heterocycles. The van der Waals surface area contributed by atoms with Gasteiger partial charge < -0.3 is 4.90 Å². The second-order valence-corrected chi connectivity index (χ2v) is 6.62. The highest BCUT2D eigenvalue weighted by molar-refractivity contribution is 7.91. The Balaban J connectivity index is 2.52. The molecule has 1 saturated heterocycles. The van der Waals surface area contributed by atoms with Gasteiger partial charge in [0.15, 0.2) is 9.84 Å². The maximum absolute atomic E-state index is 11.8. The lowest BCUT2D eigenvalue weighted by Crippen LogP contribution is -2.43. The van der Waals surface area contributed by atoms with E-state index in [0.717, 1.165) is 6.54 Å². The number of rotatable bonds is 4. The molecule has 5 nitrogen and oxygen atoms in total. The Morgan fingerprint density at radius 2 is 2.00 bits per heavy atom. The number of amides is 1. The van der Waals surface area contributed by atoms with E-state index >= 15 is 0 Å². The Bertz CT molecular complexity index is 353. The second-order valence-electron chi connectivity index (χ2n) is 4.39. The first-order valence-corrected chi connectivity index (χ1v) is 7.32. The summed E-state index contributed by atoms with van der Waals surface area (Å²) in [5, 5.41) is 0. The maximum atomic E-state index is 11.8. The molecule has 1 heterocycles. The molecular weight excluding hydrogens is 228 g/mol. The summed E-state index contributed by atoms with van der Waals surface area (Å²) in [5.41, 5.74) is 0. The molecule has 0 saturated carbocycles. The number of likely N-dealkylation sites (N-methyl/N-ethyl adjacent to an activating group) is 2. The highest BCUT2D eigenvalue weighted by Gasteiger charge is 2.32. The summed E-state index contributed by atoms with van der Waals surface area (Å²) in [7, 11) is 0.648. The van der Waals surface area contributed by atoms with Gasteiger partial charge in [-0.25, -0.2) is 8.42 Å². The van der Waals surface area contributed by atoms with Crippen molar-refractivity contribution in [3.63, 3.8) is 0 Å². The standard InChI is InChI=1S/C10H20N2O3S/c1-4-11(2)7-10(13)12(3)9-5-6-16(14,15)8-9/h9H,4-8H2,1-3H3. The fourth-order valence-electron chi connectivity index (χ4n) is 1.74. The van der Waals surface area contributed by atoms with Crippen molar-refractivity contribution in [2.75, 3.05) is 38.7 Å². The summed E-state index contributed by atoms with van der Waals surface area (Å²) in [6, 6.07) is -0.136. The zero-order chi connectivity index (χ0) is 12.3. The molecule has 0 bridgehead atoms. The van der Waals surface area contributed by atoms with Crippen LogP contribution in [0.5, 0.6) is 0 Å². The van der Waals surface area contributed by atoms with Gasteiger partial charge in [0.25, 0.3) is 0 Å². The second kappa shape index (κ2) is 5.14. The van der Waals surface area contributed by atoms with Gasteiger partial charge in [0.05, 0.1) is 18.1 Å². The van der Waals surface area contributed by atoms with Crippen molar-refractivity contribution in [3.05, 3.63) is 0 Å². The molecule has 1 aliphatic rings. The molecule has 1 rings (SSSR count). The molecule has 0 aromatic carbocycles. The van der Waals surface area contributed by atoms with Crippen LogP contribution in [0.15, 0.2) is 0 Å². The third kappa shape index (κ3) is 3.45. The predicted molar refractivity (Wildman–Crippen MR) is 63.0 cm³/mol. The van der Waals surface area contributed by atoms with Gasteiger partial charge in [0, 0.05) is 13.1 Å². The van der Waals surface area contributed by atoms with Crippen LogP contribution in [0.25, 0.3) is 0 Å². The SMILES string of the molecule is CCN(C)CC(=O)N(C)C1CCS(=O)(=O)C1. The fraction of sp³-hybridized carbons (Fsp3) is 0.900. The maximum Gasteiger partial charge on any atom is 0.236 e. The Kier molecular flexibility index (Phi) is 4.32. The summed E-state index contributed by atoms with van der Waals surface area (Å²) < 4.78 is 22.6. The third-order valence-corrected chi connectivity index (χ3v) is 4.84. The van der Waals surface area contributed by atoms with Crippen molar-refractivity contribution in [2.24, 2.45) is 0 Å². The van der Waals surface area contributed by atoms with Gasteiger partial charge in [-0.1, -0.05) is 6.92 Å². The Labute approximate surface area is 97.3 Å². The van der Waals surface area contributed by atoms with E-state index in [1.54, 1.807) is 11.9 Å². The smallest absolute Gasteiger partial charge is 0.236 e. The van der Waals surface area contributed by atoms with Gasteiger partial charge >= 0.3 is 0 Å². The molecule has 1 amide bonds. The van der Waals surface area contributed by atoms with E-state index in [1.165, 1.54) is 0 Å². The van der Waals surface area contributed by atoms with Crippen LogP contribution >= 0.6 is 0 Å². The topological polar surface area (TPSA) is 57.7 Å². The number of carbonyl (C=O) groups excluding carboxylic acids is 1. The van der Waals surface area contributed by atoms with E-state index < -0.39 is 9.84 Å². The first-order chi connectivity index (χ1) is 7.35. The van der Waals surface area contributed by atoms with Crippen molar-refractivity contribution in [3.8, 4) is 0 Å². The van der Waals surface area contributed by atoms with Crippen molar-refractivity contribution in [2.45, 2.75) is 19.4 Å². The van der Waals surface area contributed by atoms with E-state index in [4.69, 9.17) is 0 Å². The molecule has 1 atom stereocenters. The molecule has 6 heteroatoms. The van der Waals surface area contributed by atoms with Gasteiger partial charge in [-0.2, -0.15) is 0 Å². The van der Waals surface area contributed by atoms with Crippen LogP contribution in [-0.4, -0.2) is 68.9 Å². The van der Waals surface area contributed by atoms with Crippen molar-refractivity contribution in [1.29, 1.82) is 0 Å². The normalized spacial score (nSPS) is 23.6. The van der Waals surface area contributed by atoms with Crippen LogP contribution in [0.1, 0.15) is 13.3 Å². The van der Waals surface area contributed by atoms with Gasteiger partial charge in [-0.3, -0.25) is 9.69 Å². The lowest BCUT2D eigenvalue weighted by molar-refractivity contribution is -0.132. The van der Waals surface area contributed by atoms with E-state index in [-0.39, 0.29) is 23.5 Å². The van der Waals surface area contributed by atoms with E-state index in [2.05, 4.69) is 0 Å². The molecule has 1 unspecified atom stereocenters. The zero-order valence-corrected chi connectivity index (χ0v) is 11.0. The molecule has 0 N–H and O–H groups in total. The highest BCUT2D eigenvalue weighted by Crippen LogP contribution is 2.16. The molecule has 94 valence electrons. The molecule has 0 aromatic rings. The Hall–Kier alpha value is -0.620. The average Bonchev–Trinajstić information content (AvgIpc) is 2.57. The minimum absolute atomic E-state index is 0.00792. The molecule has 1 fully saturated rings. The van der Waals surface area contributed by atoms with Crippen molar-refractivity contribution >= 4 is 15.7 Å². The van der Waals surface area contributed by atoms with E-state index in [9.17, 15) is 13.2 Å². The lowest BCUT2D eigenvalue weighted by atomic mass is 10.2. The molecule has 16 heavy (non-hydrogen) atoms. The fourth-order valence-corrected chi connectivity index (χ4v) is 3.51. The largest absolute Gasteiger partial charge is 0.341 e. The number of sulfone groups is 1. The first kappa shape index (κ1) is 13.4. The summed E-state index contributed by atoms with van der Waals surface area (Å²) in [6.07, 6.45) is 0.570. The van der Waals surface area contributed by atoms with Crippen LogP contribution in [0.3, 0.4) is 0 Å². The van der Waals surface area contributed by atoms with Crippen molar-refractivity contribution in [1.82, 2.24) is 9.80 Å². The number of hydrogen-bond donors (Lipinski definition) is 0. The molecule has 0 radical (unpaired) electrons. The van der Waals surface area contributed by atoms with E-state index in [0.29, 0.717) is 13.0 Å².